The van der Waals surface area contributed by atoms with Gasteiger partial charge in [0.2, 0.25) is 0 Å². The lowest BCUT2D eigenvalue weighted by atomic mass is 10.1. The predicted octanol–water partition coefficient (Wildman–Crippen LogP) is 4.58. The Hall–Kier alpha value is -2.88. The first-order valence-electron chi connectivity index (χ1n) is 8.81. The van der Waals surface area contributed by atoms with E-state index < -0.39 is 35.6 Å². The first-order chi connectivity index (χ1) is 14.0. The van der Waals surface area contributed by atoms with Gasteiger partial charge in [-0.3, -0.25) is 4.79 Å². The monoisotopic (exact) mass is 445 g/mol. The smallest absolute Gasteiger partial charge is 0.416 e. The first-order valence-corrected chi connectivity index (χ1v) is 9.19. The number of cyclic esters (lactones) is 1. The van der Waals surface area contributed by atoms with Crippen molar-refractivity contribution in [3.8, 4) is 0 Å². The molecule has 11 heteroatoms. The van der Waals surface area contributed by atoms with Crippen LogP contribution in [0.1, 0.15) is 18.2 Å². The van der Waals surface area contributed by atoms with E-state index in [2.05, 4.69) is 4.98 Å². The second-order valence-corrected chi connectivity index (χ2v) is 6.90. The molecule has 1 aromatic heterocycles. The number of carbonyl (C=O) groups excluding carboxylic acids is 2. The lowest BCUT2D eigenvalue weighted by Crippen LogP contribution is -2.48. The minimum Gasteiger partial charge on any atom is -0.446 e. The first kappa shape index (κ1) is 21.8. The number of pyridine rings is 1. The van der Waals surface area contributed by atoms with E-state index in [-0.39, 0.29) is 35.4 Å². The molecular weight excluding hydrogens is 430 g/mol. The number of rotatable bonds is 4. The minimum atomic E-state index is -4.66. The van der Waals surface area contributed by atoms with Crippen molar-refractivity contribution in [2.24, 2.45) is 0 Å². The fraction of sp³-hybridized carbons (Fsp3) is 0.316. The van der Waals surface area contributed by atoms with Gasteiger partial charge in [0.15, 0.2) is 6.04 Å². The zero-order chi connectivity index (χ0) is 22.2. The summed E-state index contributed by atoms with van der Waals surface area (Å²) in [5, 5.41) is -0.204. The van der Waals surface area contributed by atoms with Crippen LogP contribution in [-0.2, 0) is 15.7 Å². The molecule has 3 rings (SSSR count). The molecule has 1 aliphatic heterocycles. The summed E-state index contributed by atoms with van der Waals surface area (Å²) in [5.74, 6) is -1.66. The maximum absolute atomic E-state index is 13.5. The van der Waals surface area contributed by atoms with Gasteiger partial charge in [-0.25, -0.2) is 19.1 Å². The molecule has 30 heavy (non-hydrogen) atoms. The second kappa shape index (κ2) is 8.10. The van der Waals surface area contributed by atoms with Crippen molar-refractivity contribution in [2.45, 2.75) is 26.1 Å². The fourth-order valence-corrected chi connectivity index (χ4v) is 3.27. The summed E-state index contributed by atoms with van der Waals surface area (Å²) >= 11 is 5.79. The number of benzene rings is 1. The Labute approximate surface area is 174 Å². The molecule has 0 N–H and O–H groups in total. The number of anilines is 2. The highest BCUT2D eigenvalue weighted by molar-refractivity contribution is 6.31. The van der Waals surface area contributed by atoms with E-state index in [0.29, 0.717) is 6.07 Å². The van der Waals surface area contributed by atoms with E-state index in [0.717, 1.165) is 17.0 Å². The van der Waals surface area contributed by atoms with Gasteiger partial charge < -0.3 is 9.64 Å². The highest BCUT2D eigenvalue weighted by Gasteiger charge is 2.43. The predicted molar refractivity (Wildman–Crippen MR) is 101 cm³/mol. The molecule has 1 aliphatic rings. The number of carbonyl (C=O) groups is 2. The number of halogens is 5. The van der Waals surface area contributed by atoms with E-state index in [9.17, 15) is 27.2 Å². The van der Waals surface area contributed by atoms with E-state index in [4.69, 9.17) is 16.3 Å². The van der Waals surface area contributed by atoms with E-state index >= 15 is 0 Å². The van der Waals surface area contributed by atoms with Gasteiger partial charge in [0.25, 0.3) is 5.91 Å². The Morgan fingerprint density at radius 1 is 1.33 bits per heavy atom. The molecule has 160 valence electrons. The van der Waals surface area contributed by atoms with Crippen molar-refractivity contribution in [1.82, 2.24) is 4.98 Å². The van der Waals surface area contributed by atoms with Gasteiger partial charge in [-0.1, -0.05) is 11.6 Å². The third-order valence-electron chi connectivity index (χ3n) is 4.47. The highest BCUT2D eigenvalue weighted by Crippen LogP contribution is 2.33. The topological polar surface area (TPSA) is 62.7 Å². The molecule has 2 amide bonds. The van der Waals surface area contributed by atoms with E-state index in [1.54, 1.807) is 6.92 Å². The number of hydrogen-bond acceptors (Lipinski definition) is 4. The fourth-order valence-electron chi connectivity index (χ4n) is 3.09. The summed E-state index contributed by atoms with van der Waals surface area (Å²) in [4.78, 5) is 31.4. The molecule has 1 atom stereocenters. The zero-order valence-electron chi connectivity index (χ0n) is 15.8. The standard InChI is InChI=1S/C19H16ClF4N3O3/c1-3-26(12-4-5-14(21)13(20)8-12)17(28)15-9-30-18(29)27(15)16-7-11(19(22,23)24)6-10(2)25-16/h4-8,15H,3,9H2,1-2H3. The summed E-state index contributed by atoms with van der Waals surface area (Å²) in [6.45, 7) is 2.74. The molecule has 1 fully saturated rings. The largest absolute Gasteiger partial charge is 0.446 e. The molecule has 0 saturated carbocycles. The van der Waals surface area contributed by atoms with Crippen molar-refractivity contribution in [2.75, 3.05) is 23.0 Å². The summed E-state index contributed by atoms with van der Waals surface area (Å²) in [5.41, 5.74) is -0.724. The van der Waals surface area contributed by atoms with Crippen molar-refractivity contribution in [3.05, 3.63) is 52.4 Å². The summed E-state index contributed by atoms with van der Waals surface area (Å²) in [6, 6.07) is 3.92. The number of alkyl halides is 3. The van der Waals surface area contributed by atoms with Crippen LogP contribution in [0.2, 0.25) is 5.02 Å². The highest BCUT2D eigenvalue weighted by atomic mass is 35.5. The average molecular weight is 446 g/mol. The number of amides is 2. The molecular formula is C19H16ClF4N3O3. The third-order valence-corrected chi connectivity index (χ3v) is 4.76. The molecule has 0 radical (unpaired) electrons. The molecule has 6 nitrogen and oxygen atoms in total. The second-order valence-electron chi connectivity index (χ2n) is 6.50. The Balaban J connectivity index is 1.99. The van der Waals surface area contributed by atoms with Gasteiger partial charge >= 0.3 is 12.3 Å². The zero-order valence-corrected chi connectivity index (χ0v) is 16.6. The molecule has 1 saturated heterocycles. The van der Waals surface area contributed by atoms with Crippen LogP contribution in [0, 0.1) is 12.7 Å². The normalized spacial score (nSPS) is 16.6. The van der Waals surface area contributed by atoms with E-state index in [1.807, 2.05) is 0 Å². The van der Waals surface area contributed by atoms with Crippen LogP contribution in [-0.4, -0.2) is 36.2 Å². The number of aryl methyl sites for hydroxylation is 1. The van der Waals surface area contributed by atoms with Crippen LogP contribution in [0.4, 0.5) is 33.9 Å². The Kier molecular flexibility index (Phi) is 5.89. The van der Waals surface area contributed by atoms with E-state index in [1.165, 1.54) is 24.0 Å². The van der Waals surface area contributed by atoms with Crippen LogP contribution >= 0.6 is 11.6 Å². The summed E-state index contributed by atoms with van der Waals surface area (Å²) in [6.07, 6.45) is -5.65. The number of likely N-dealkylation sites (N-methyl/N-ethyl adjacent to an activating group) is 1. The lowest BCUT2D eigenvalue weighted by molar-refractivity contribution is -0.137. The number of hydrogen-bond donors (Lipinski definition) is 0. The molecule has 1 unspecified atom stereocenters. The maximum Gasteiger partial charge on any atom is 0.416 e. The molecule has 2 aromatic rings. The van der Waals surface area contributed by atoms with Crippen LogP contribution in [0.3, 0.4) is 0 Å². The Morgan fingerprint density at radius 2 is 2.03 bits per heavy atom. The van der Waals surface area contributed by atoms with Crippen LogP contribution in [0.15, 0.2) is 30.3 Å². The van der Waals surface area contributed by atoms with Crippen molar-refractivity contribution in [1.29, 1.82) is 0 Å². The molecule has 1 aromatic carbocycles. The summed E-state index contributed by atoms with van der Waals surface area (Å²) in [7, 11) is 0. The van der Waals surface area contributed by atoms with Crippen LogP contribution in [0.5, 0.6) is 0 Å². The molecule has 0 bridgehead atoms. The maximum atomic E-state index is 13.5. The molecule has 0 spiro atoms. The number of aromatic nitrogens is 1. The number of nitrogens with zero attached hydrogens (tertiary/aromatic N) is 3. The third kappa shape index (κ3) is 4.18. The van der Waals surface area contributed by atoms with Crippen molar-refractivity contribution >= 4 is 35.1 Å². The SMILES string of the molecule is CCN(C(=O)C1COC(=O)N1c1cc(C(F)(F)F)cc(C)n1)c1ccc(F)c(Cl)c1. The quantitative estimate of drug-likeness (QED) is 0.646. The Bertz CT molecular complexity index is 999. The van der Waals surface area contributed by atoms with Gasteiger partial charge in [-0.15, -0.1) is 0 Å². The lowest BCUT2D eigenvalue weighted by Gasteiger charge is -2.27. The van der Waals surface area contributed by atoms with Gasteiger partial charge in [-0.05, 0) is 44.2 Å². The minimum absolute atomic E-state index is 0.0170. The number of ether oxygens (including phenoxy) is 1. The average Bonchev–Trinajstić information content (AvgIpc) is 3.05. The van der Waals surface area contributed by atoms with Gasteiger partial charge in [0.05, 0.1) is 10.6 Å². The van der Waals surface area contributed by atoms with Crippen molar-refractivity contribution in [3.63, 3.8) is 0 Å². The van der Waals surface area contributed by atoms with Gasteiger partial charge in [0.1, 0.15) is 18.2 Å². The van der Waals surface area contributed by atoms with Gasteiger partial charge in [0, 0.05) is 17.9 Å². The Morgan fingerprint density at radius 3 is 2.63 bits per heavy atom. The van der Waals surface area contributed by atoms with Crippen LogP contribution in [0.25, 0.3) is 0 Å². The van der Waals surface area contributed by atoms with Crippen LogP contribution < -0.4 is 9.80 Å². The van der Waals surface area contributed by atoms with Gasteiger partial charge in [-0.2, -0.15) is 13.2 Å². The summed E-state index contributed by atoms with van der Waals surface area (Å²) < 4.78 is 57.9. The van der Waals surface area contributed by atoms with Crippen molar-refractivity contribution < 1.29 is 31.9 Å². The molecule has 0 aliphatic carbocycles. The molecule has 2 heterocycles.